The SMILES string of the molecule is O[C@@H]1Cc2ccccc2N[C@H](c2ccc(F)cc2)C1. The second-order valence-corrected chi connectivity index (χ2v) is 5.00. The number of hydrogen-bond acceptors (Lipinski definition) is 2. The van der Waals surface area contributed by atoms with Crippen LogP contribution in [0.25, 0.3) is 0 Å². The molecule has 2 aromatic rings. The van der Waals surface area contributed by atoms with Gasteiger partial charge in [0.15, 0.2) is 0 Å². The molecule has 0 radical (unpaired) electrons. The van der Waals surface area contributed by atoms with E-state index in [9.17, 15) is 9.50 Å². The molecule has 1 heterocycles. The molecule has 0 amide bonds. The third-order valence-corrected chi connectivity index (χ3v) is 3.58. The Morgan fingerprint density at radius 3 is 2.58 bits per heavy atom. The average molecular weight is 257 g/mol. The highest BCUT2D eigenvalue weighted by Crippen LogP contribution is 2.31. The van der Waals surface area contributed by atoms with Crippen molar-refractivity contribution in [2.75, 3.05) is 5.32 Å². The molecule has 0 saturated carbocycles. The first kappa shape index (κ1) is 12.2. The van der Waals surface area contributed by atoms with Crippen LogP contribution in [-0.4, -0.2) is 11.2 Å². The average Bonchev–Trinajstić information content (AvgIpc) is 2.57. The summed E-state index contributed by atoms with van der Waals surface area (Å²) in [4.78, 5) is 0. The van der Waals surface area contributed by atoms with Gasteiger partial charge in [-0.05, 0) is 35.7 Å². The predicted octanol–water partition coefficient (Wildman–Crippen LogP) is 3.29. The van der Waals surface area contributed by atoms with Crippen LogP contribution in [0.15, 0.2) is 48.5 Å². The number of fused-ring (bicyclic) bond motifs is 1. The summed E-state index contributed by atoms with van der Waals surface area (Å²) in [6.07, 6.45) is 0.896. The van der Waals surface area contributed by atoms with Crippen molar-refractivity contribution in [3.8, 4) is 0 Å². The van der Waals surface area contributed by atoms with E-state index < -0.39 is 0 Å². The van der Waals surface area contributed by atoms with E-state index in [2.05, 4.69) is 5.32 Å². The first-order valence-electron chi connectivity index (χ1n) is 6.50. The summed E-state index contributed by atoms with van der Waals surface area (Å²) in [6, 6.07) is 14.5. The van der Waals surface area contributed by atoms with E-state index in [1.54, 1.807) is 12.1 Å². The van der Waals surface area contributed by atoms with Gasteiger partial charge in [-0.3, -0.25) is 0 Å². The Bertz CT molecular complexity index is 567. The van der Waals surface area contributed by atoms with E-state index in [1.165, 1.54) is 12.1 Å². The molecule has 1 aliphatic rings. The number of para-hydroxylation sites is 1. The molecule has 0 spiro atoms. The number of anilines is 1. The summed E-state index contributed by atoms with van der Waals surface area (Å²) in [5, 5.41) is 13.6. The lowest BCUT2D eigenvalue weighted by Gasteiger charge is -2.19. The Morgan fingerprint density at radius 1 is 1.05 bits per heavy atom. The van der Waals surface area contributed by atoms with Crippen molar-refractivity contribution in [3.63, 3.8) is 0 Å². The third kappa shape index (κ3) is 2.61. The van der Waals surface area contributed by atoms with E-state index in [4.69, 9.17) is 0 Å². The standard InChI is InChI=1S/C16H16FNO/c17-13-7-5-11(6-8-13)16-10-14(19)9-12-3-1-2-4-15(12)18-16/h1-8,14,16,18-19H,9-10H2/t14-,16+/m1/s1. The molecule has 19 heavy (non-hydrogen) atoms. The lowest BCUT2D eigenvalue weighted by atomic mass is 9.99. The summed E-state index contributed by atoms with van der Waals surface area (Å²) >= 11 is 0. The van der Waals surface area contributed by atoms with Gasteiger partial charge < -0.3 is 10.4 Å². The van der Waals surface area contributed by atoms with E-state index in [-0.39, 0.29) is 18.0 Å². The van der Waals surface area contributed by atoms with Crippen molar-refractivity contribution in [2.45, 2.75) is 25.0 Å². The zero-order chi connectivity index (χ0) is 13.2. The topological polar surface area (TPSA) is 32.3 Å². The van der Waals surface area contributed by atoms with E-state index >= 15 is 0 Å². The second kappa shape index (κ2) is 5.02. The highest BCUT2D eigenvalue weighted by atomic mass is 19.1. The zero-order valence-corrected chi connectivity index (χ0v) is 10.5. The maximum Gasteiger partial charge on any atom is 0.123 e. The molecule has 1 aliphatic heterocycles. The van der Waals surface area contributed by atoms with Gasteiger partial charge in [0.25, 0.3) is 0 Å². The number of rotatable bonds is 1. The first-order valence-corrected chi connectivity index (χ1v) is 6.50. The van der Waals surface area contributed by atoms with E-state index in [0.717, 1.165) is 16.8 Å². The monoisotopic (exact) mass is 257 g/mol. The molecule has 2 nitrogen and oxygen atoms in total. The van der Waals surface area contributed by atoms with Gasteiger partial charge in [-0.15, -0.1) is 0 Å². The molecule has 2 aromatic carbocycles. The fourth-order valence-corrected chi connectivity index (χ4v) is 2.61. The predicted molar refractivity (Wildman–Crippen MR) is 73.5 cm³/mol. The number of halogens is 1. The highest BCUT2D eigenvalue weighted by molar-refractivity contribution is 5.54. The fraction of sp³-hybridized carbons (Fsp3) is 0.250. The van der Waals surface area contributed by atoms with Gasteiger partial charge >= 0.3 is 0 Å². The molecule has 3 rings (SSSR count). The van der Waals surface area contributed by atoms with Crippen LogP contribution in [0.1, 0.15) is 23.6 Å². The smallest absolute Gasteiger partial charge is 0.123 e. The lowest BCUT2D eigenvalue weighted by molar-refractivity contribution is 0.161. The van der Waals surface area contributed by atoms with Gasteiger partial charge in [-0.1, -0.05) is 30.3 Å². The molecule has 3 heteroatoms. The van der Waals surface area contributed by atoms with Crippen LogP contribution in [0, 0.1) is 5.82 Å². The number of hydrogen-bond donors (Lipinski definition) is 2. The van der Waals surface area contributed by atoms with Crippen LogP contribution < -0.4 is 5.32 Å². The highest BCUT2D eigenvalue weighted by Gasteiger charge is 2.22. The summed E-state index contributed by atoms with van der Waals surface area (Å²) in [7, 11) is 0. The summed E-state index contributed by atoms with van der Waals surface area (Å²) in [6.45, 7) is 0. The largest absolute Gasteiger partial charge is 0.393 e. The Kier molecular flexibility index (Phi) is 3.22. The second-order valence-electron chi connectivity index (χ2n) is 5.00. The molecule has 98 valence electrons. The van der Waals surface area contributed by atoms with Crippen molar-refractivity contribution >= 4 is 5.69 Å². The zero-order valence-electron chi connectivity index (χ0n) is 10.5. The number of nitrogens with one attached hydrogen (secondary N) is 1. The molecule has 0 fully saturated rings. The molecular formula is C16H16FNO. The Morgan fingerprint density at radius 2 is 1.79 bits per heavy atom. The minimum atomic E-state index is -0.383. The van der Waals surface area contributed by atoms with E-state index in [0.29, 0.717) is 12.8 Å². The van der Waals surface area contributed by atoms with Crippen LogP contribution >= 0.6 is 0 Å². The molecule has 2 atom stereocenters. The third-order valence-electron chi connectivity index (χ3n) is 3.58. The molecule has 2 N–H and O–H groups in total. The quantitative estimate of drug-likeness (QED) is 0.821. The lowest BCUT2D eigenvalue weighted by Crippen LogP contribution is -2.16. The maximum atomic E-state index is 13.0. The van der Waals surface area contributed by atoms with Crippen molar-refractivity contribution in [2.24, 2.45) is 0 Å². The van der Waals surface area contributed by atoms with Gasteiger partial charge in [0.1, 0.15) is 5.82 Å². The van der Waals surface area contributed by atoms with Gasteiger partial charge in [-0.2, -0.15) is 0 Å². The minimum absolute atomic E-state index is 0.0132. The molecule has 0 aliphatic carbocycles. The van der Waals surface area contributed by atoms with Crippen LogP contribution in [0.3, 0.4) is 0 Å². The minimum Gasteiger partial charge on any atom is -0.393 e. The Labute approximate surface area is 111 Å². The van der Waals surface area contributed by atoms with Gasteiger partial charge in [0.2, 0.25) is 0 Å². The fourth-order valence-electron chi connectivity index (χ4n) is 2.61. The Balaban J connectivity index is 1.93. The molecule has 0 unspecified atom stereocenters. The van der Waals surface area contributed by atoms with Gasteiger partial charge in [0, 0.05) is 12.1 Å². The van der Waals surface area contributed by atoms with Crippen molar-refractivity contribution in [1.82, 2.24) is 0 Å². The van der Waals surface area contributed by atoms with Crippen LogP contribution in [0.5, 0.6) is 0 Å². The normalized spacial score (nSPS) is 22.2. The summed E-state index contributed by atoms with van der Waals surface area (Å²) in [5.41, 5.74) is 3.17. The Hall–Kier alpha value is -1.87. The van der Waals surface area contributed by atoms with Crippen molar-refractivity contribution in [3.05, 3.63) is 65.5 Å². The van der Waals surface area contributed by atoms with Crippen LogP contribution in [0.2, 0.25) is 0 Å². The summed E-state index contributed by atoms with van der Waals surface area (Å²) in [5.74, 6) is -0.238. The first-order chi connectivity index (χ1) is 9.22. The van der Waals surface area contributed by atoms with Crippen molar-refractivity contribution in [1.29, 1.82) is 0 Å². The number of aliphatic hydroxyl groups excluding tert-OH is 1. The van der Waals surface area contributed by atoms with Gasteiger partial charge in [-0.25, -0.2) is 4.39 Å². The summed E-state index contributed by atoms with van der Waals surface area (Å²) < 4.78 is 13.0. The number of benzene rings is 2. The van der Waals surface area contributed by atoms with Gasteiger partial charge in [0.05, 0.1) is 12.1 Å². The van der Waals surface area contributed by atoms with Crippen LogP contribution in [0.4, 0.5) is 10.1 Å². The molecule has 0 aromatic heterocycles. The van der Waals surface area contributed by atoms with Crippen molar-refractivity contribution < 1.29 is 9.50 Å². The molecule has 0 saturated heterocycles. The number of aliphatic hydroxyl groups is 1. The maximum absolute atomic E-state index is 13.0. The molecular weight excluding hydrogens is 241 g/mol. The molecule has 0 bridgehead atoms. The van der Waals surface area contributed by atoms with E-state index in [1.807, 2.05) is 24.3 Å². The van der Waals surface area contributed by atoms with Crippen LogP contribution in [-0.2, 0) is 6.42 Å².